The predicted molar refractivity (Wildman–Crippen MR) is 99.6 cm³/mol. The van der Waals surface area contributed by atoms with Gasteiger partial charge in [-0.2, -0.15) is 23.4 Å². The zero-order chi connectivity index (χ0) is 21.3. The molecule has 0 radical (unpaired) electrons. The van der Waals surface area contributed by atoms with E-state index in [2.05, 4.69) is 15.2 Å². The largest absolute Gasteiger partial charge is 0.476 e. The van der Waals surface area contributed by atoms with Gasteiger partial charge in [0.25, 0.3) is 5.91 Å². The molecule has 11 heteroatoms. The Morgan fingerprint density at radius 3 is 2.63 bits per heavy atom. The number of rotatable bonds is 2. The van der Waals surface area contributed by atoms with Crippen LogP contribution < -0.4 is 10.5 Å². The number of alkyl halides is 3. The molecule has 5 heterocycles. The molecule has 0 saturated heterocycles. The summed E-state index contributed by atoms with van der Waals surface area (Å²) in [5.41, 5.74) is 6.53. The Morgan fingerprint density at radius 2 is 1.93 bits per heavy atom. The SMILES string of the molecule is FC(F)(F)c1cc(-c2cc3n(n2)CCCC3)ccn1.NC(=O)c1cc2n(n1)CCO2. The molecule has 0 fully saturated rings. The number of nitrogens with two attached hydrogens (primary N) is 1. The molecule has 158 valence electrons. The van der Waals surface area contributed by atoms with Gasteiger partial charge in [-0.3, -0.25) is 14.5 Å². The van der Waals surface area contributed by atoms with E-state index >= 15 is 0 Å². The van der Waals surface area contributed by atoms with E-state index in [4.69, 9.17) is 10.5 Å². The average Bonchev–Trinajstić information content (AvgIpc) is 3.42. The third-order valence-corrected chi connectivity index (χ3v) is 4.81. The Kier molecular flexibility index (Phi) is 5.18. The summed E-state index contributed by atoms with van der Waals surface area (Å²) in [5.74, 6) is 0.106. The molecule has 0 unspecified atom stereocenters. The number of nitrogens with zero attached hydrogens (tertiary/aromatic N) is 5. The maximum Gasteiger partial charge on any atom is 0.433 e. The zero-order valence-electron chi connectivity index (χ0n) is 15.9. The van der Waals surface area contributed by atoms with Gasteiger partial charge in [0.15, 0.2) is 5.69 Å². The molecule has 0 aliphatic carbocycles. The van der Waals surface area contributed by atoms with E-state index in [0.29, 0.717) is 30.3 Å². The summed E-state index contributed by atoms with van der Waals surface area (Å²) >= 11 is 0. The first-order valence-electron chi connectivity index (χ1n) is 9.42. The monoisotopic (exact) mass is 420 g/mol. The van der Waals surface area contributed by atoms with E-state index in [-0.39, 0.29) is 5.69 Å². The number of fused-ring (bicyclic) bond motifs is 2. The van der Waals surface area contributed by atoms with Crippen LogP contribution in [0.15, 0.2) is 30.5 Å². The molecule has 2 aliphatic heterocycles. The molecule has 3 aromatic rings. The molecule has 0 saturated carbocycles. The highest BCUT2D eigenvalue weighted by atomic mass is 19.4. The molecule has 1 amide bonds. The topological polar surface area (TPSA) is 101 Å². The number of pyridine rings is 1. The van der Waals surface area contributed by atoms with Gasteiger partial charge in [0.05, 0.1) is 12.2 Å². The zero-order valence-corrected chi connectivity index (χ0v) is 15.9. The number of ether oxygens (including phenoxy) is 1. The summed E-state index contributed by atoms with van der Waals surface area (Å²) in [6, 6.07) is 6.03. The number of primary amides is 1. The van der Waals surface area contributed by atoms with Crippen molar-refractivity contribution >= 4 is 5.91 Å². The van der Waals surface area contributed by atoms with Gasteiger partial charge in [0, 0.05) is 30.1 Å². The van der Waals surface area contributed by atoms with Crippen LogP contribution in [0.3, 0.4) is 0 Å². The standard InChI is InChI=1S/C13H12F3N3.C6H7N3O2/c14-13(15,16)12-7-9(4-5-17-12)11-8-10-3-1-2-6-19(10)18-11;7-6(10)4-3-5-9(8-4)1-2-11-5/h4-5,7-8H,1-3,6H2;3H,1-2H2,(H2,7,10). The van der Waals surface area contributed by atoms with Gasteiger partial charge in [-0.05, 0) is 37.5 Å². The van der Waals surface area contributed by atoms with Gasteiger partial charge in [-0.1, -0.05) is 0 Å². The fraction of sp³-hybridized carbons (Fsp3) is 0.368. The van der Waals surface area contributed by atoms with Gasteiger partial charge in [-0.15, -0.1) is 0 Å². The van der Waals surface area contributed by atoms with Crippen molar-refractivity contribution in [3.05, 3.63) is 47.5 Å². The first kappa shape index (κ1) is 19.9. The lowest BCUT2D eigenvalue weighted by Crippen LogP contribution is -2.12. The summed E-state index contributed by atoms with van der Waals surface area (Å²) in [5, 5.41) is 8.27. The van der Waals surface area contributed by atoms with Crippen LogP contribution in [0.2, 0.25) is 0 Å². The number of amides is 1. The van der Waals surface area contributed by atoms with Crippen LogP contribution in [0.25, 0.3) is 11.3 Å². The van der Waals surface area contributed by atoms with E-state index in [1.54, 1.807) is 16.8 Å². The minimum absolute atomic E-state index is 0.264. The molecule has 2 N–H and O–H groups in total. The summed E-state index contributed by atoms with van der Waals surface area (Å²) in [6.45, 7) is 2.16. The highest BCUT2D eigenvalue weighted by Gasteiger charge is 2.32. The van der Waals surface area contributed by atoms with Crippen LogP contribution in [-0.2, 0) is 25.7 Å². The van der Waals surface area contributed by atoms with E-state index in [0.717, 1.165) is 37.6 Å². The van der Waals surface area contributed by atoms with Crippen LogP contribution in [0, 0.1) is 0 Å². The molecule has 0 aromatic carbocycles. The molecular weight excluding hydrogens is 401 g/mol. The van der Waals surface area contributed by atoms with Crippen molar-refractivity contribution in [2.24, 2.45) is 5.73 Å². The van der Waals surface area contributed by atoms with Crippen molar-refractivity contribution in [1.82, 2.24) is 24.5 Å². The Balaban J connectivity index is 0.000000168. The highest BCUT2D eigenvalue weighted by molar-refractivity contribution is 5.91. The average molecular weight is 420 g/mol. The van der Waals surface area contributed by atoms with Crippen molar-refractivity contribution in [1.29, 1.82) is 0 Å². The van der Waals surface area contributed by atoms with Crippen LogP contribution in [0.1, 0.15) is 34.7 Å². The Labute approximate surface area is 169 Å². The Bertz CT molecular complexity index is 1030. The molecule has 2 aliphatic rings. The van der Waals surface area contributed by atoms with Crippen molar-refractivity contribution in [2.75, 3.05) is 6.61 Å². The maximum absolute atomic E-state index is 12.6. The second kappa shape index (κ2) is 7.81. The third-order valence-electron chi connectivity index (χ3n) is 4.81. The number of aromatic nitrogens is 5. The Morgan fingerprint density at radius 1 is 1.10 bits per heavy atom. The van der Waals surface area contributed by atoms with Crippen molar-refractivity contribution < 1.29 is 22.7 Å². The quantitative estimate of drug-likeness (QED) is 0.687. The summed E-state index contributed by atoms with van der Waals surface area (Å²) in [6.07, 6.45) is -0.135. The molecule has 0 atom stereocenters. The maximum atomic E-state index is 12.6. The lowest BCUT2D eigenvalue weighted by molar-refractivity contribution is -0.141. The van der Waals surface area contributed by atoms with E-state index < -0.39 is 17.8 Å². The number of halogens is 3. The third kappa shape index (κ3) is 4.14. The molecule has 0 bridgehead atoms. The first-order chi connectivity index (χ1) is 14.3. The molecule has 8 nitrogen and oxygen atoms in total. The summed E-state index contributed by atoms with van der Waals surface area (Å²) < 4.78 is 46.5. The van der Waals surface area contributed by atoms with Gasteiger partial charge >= 0.3 is 6.18 Å². The second-order valence-corrected chi connectivity index (χ2v) is 6.93. The van der Waals surface area contributed by atoms with Crippen LogP contribution in [-0.4, -0.2) is 37.1 Å². The van der Waals surface area contributed by atoms with E-state index in [1.807, 2.05) is 10.7 Å². The smallest absolute Gasteiger partial charge is 0.433 e. The Hall–Kier alpha value is -3.37. The normalized spacial score (nSPS) is 14.9. The number of carbonyl (C=O) groups excluding carboxylic acids is 1. The summed E-state index contributed by atoms with van der Waals surface area (Å²) in [7, 11) is 0. The predicted octanol–water partition coefficient (Wildman–Crippen LogP) is 2.67. The van der Waals surface area contributed by atoms with Crippen LogP contribution in [0.5, 0.6) is 5.88 Å². The number of aryl methyl sites for hydroxylation is 2. The van der Waals surface area contributed by atoms with Crippen molar-refractivity contribution in [3.63, 3.8) is 0 Å². The van der Waals surface area contributed by atoms with Gasteiger partial charge in [0.2, 0.25) is 5.88 Å². The molecular formula is C19H19F3N6O2. The molecule has 0 spiro atoms. The highest BCUT2D eigenvalue weighted by Crippen LogP contribution is 2.30. The molecule has 5 rings (SSSR count). The van der Waals surface area contributed by atoms with Gasteiger partial charge in [0.1, 0.15) is 12.3 Å². The number of hydrogen-bond acceptors (Lipinski definition) is 5. The van der Waals surface area contributed by atoms with Crippen LogP contribution in [0.4, 0.5) is 13.2 Å². The lowest BCUT2D eigenvalue weighted by atomic mass is 10.1. The first-order valence-corrected chi connectivity index (χ1v) is 9.42. The fourth-order valence-corrected chi connectivity index (χ4v) is 3.34. The van der Waals surface area contributed by atoms with E-state index in [9.17, 15) is 18.0 Å². The molecule has 3 aromatic heterocycles. The van der Waals surface area contributed by atoms with E-state index in [1.165, 1.54) is 6.20 Å². The minimum Gasteiger partial charge on any atom is -0.476 e. The van der Waals surface area contributed by atoms with Crippen molar-refractivity contribution in [2.45, 2.75) is 38.5 Å². The van der Waals surface area contributed by atoms with Gasteiger partial charge < -0.3 is 10.5 Å². The summed E-state index contributed by atoms with van der Waals surface area (Å²) in [4.78, 5) is 14.0. The minimum atomic E-state index is -4.42. The van der Waals surface area contributed by atoms with Gasteiger partial charge in [-0.25, -0.2) is 4.68 Å². The number of carbonyl (C=O) groups is 1. The second-order valence-electron chi connectivity index (χ2n) is 6.93. The lowest BCUT2D eigenvalue weighted by Gasteiger charge is -2.11. The molecule has 30 heavy (non-hydrogen) atoms. The van der Waals surface area contributed by atoms with Crippen LogP contribution >= 0.6 is 0 Å². The fourth-order valence-electron chi connectivity index (χ4n) is 3.34. The van der Waals surface area contributed by atoms with Crippen molar-refractivity contribution in [3.8, 4) is 17.1 Å². The number of hydrogen-bond donors (Lipinski definition) is 1.